The highest BCUT2D eigenvalue weighted by Crippen LogP contribution is 2.23. The molecule has 4 heteroatoms. The molecule has 1 aromatic carbocycles. The van der Waals surface area contributed by atoms with Crippen molar-refractivity contribution in [3.05, 3.63) is 39.9 Å². The molecule has 0 radical (unpaired) electrons. The smallest absolute Gasteiger partial charge is 0.124 e. The molecule has 0 aliphatic rings. The first-order valence-electron chi connectivity index (χ1n) is 6.05. The van der Waals surface area contributed by atoms with Crippen molar-refractivity contribution in [2.24, 2.45) is 0 Å². The van der Waals surface area contributed by atoms with E-state index in [2.05, 4.69) is 12.2 Å². The Morgan fingerprint density at radius 2 is 2.22 bits per heavy atom. The van der Waals surface area contributed by atoms with Crippen LogP contribution in [0.25, 0.3) is 0 Å². The van der Waals surface area contributed by atoms with Crippen LogP contribution in [0.1, 0.15) is 25.8 Å². The third kappa shape index (κ3) is 5.30. The first-order chi connectivity index (χ1) is 8.67. The van der Waals surface area contributed by atoms with Crippen molar-refractivity contribution in [1.82, 2.24) is 5.32 Å². The van der Waals surface area contributed by atoms with E-state index in [0.717, 1.165) is 41.4 Å². The third-order valence-corrected chi connectivity index (χ3v) is 3.01. The Morgan fingerprint density at radius 1 is 1.44 bits per heavy atom. The van der Waals surface area contributed by atoms with Gasteiger partial charge in [-0.25, -0.2) is 0 Å². The minimum atomic E-state index is 0.492. The van der Waals surface area contributed by atoms with Crippen LogP contribution in [0.4, 0.5) is 0 Å². The fourth-order valence-corrected chi connectivity index (χ4v) is 1.71. The summed E-state index contributed by atoms with van der Waals surface area (Å²) in [6, 6.07) is 5.66. The minimum Gasteiger partial charge on any atom is -0.489 e. The number of halogens is 2. The molecule has 0 heterocycles. The van der Waals surface area contributed by atoms with E-state index in [4.69, 9.17) is 27.9 Å². The summed E-state index contributed by atoms with van der Waals surface area (Å²) in [5, 5.41) is 4.06. The van der Waals surface area contributed by atoms with Gasteiger partial charge in [0.2, 0.25) is 0 Å². The average Bonchev–Trinajstić information content (AvgIpc) is 2.37. The molecule has 2 nitrogen and oxygen atoms in total. The molecule has 0 aliphatic heterocycles. The van der Waals surface area contributed by atoms with Gasteiger partial charge in [-0.2, -0.15) is 0 Å². The number of nitrogens with one attached hydrogen (secondary N) is 1. The van der Waals surface area contributed by atoms with Crippen LogP contribution in [0.15, 0.2) is 29.3 Å². The highest BCUT2D eigenvalue weighted by molar-refractivity contribution is 6.30. The monoisotopic (exact) mass is 287 g/mol. The highest BCUT2D eigenvalue weighted by atomic mass is 35.5. The lowest BCUT2D eigenvalue weighted by atomic mass is 10.2. The van der Waals surface area contributed by atoms with Crippen molar-refractivity contribution >= 4 is 23.2 Å². The van der Waals surface area contributed by atoms with Crippen LogP contribution in [0.2, 0.25) is 5.02 Å². The van der Waals surface area contributed by atoms with E-state index in [1.54, 1.807) is 0 Å². The summed E-state index contributed by atoms with van der Waals surface area (Å²) in [5.74, 6) is 0.848. The summed E-state index contributed by atoms with van der Waals surface area (Å²) in [7, 11) is 0. The highest BCUT2D eigenvalue weighted by Gasteiger charge is 2.05. The van der Waals surface area contributed by atoms with Crippen LogP contribution in [-0.2, 0) is 6.54 Å². The van der Waals surface area contributed by atoms with E-state index in [-0.39, 0.29) is 0 Å². The fraction of sp³-hybridized carbons (Fsp3) is 0.429. The molecule has 0 saturated carbocycles. The molecule has 18 heavy (non-hydrogen) atoms. The van der Waals surface area contributed by atoms with Gasteiger partial charge in [0.1, 0.15) is 12.4 Å². The molecule has 0 bridgehead atoms. The van der Waals surface area contributed by atoms with Crippen molar-refractivity contribution in [3.63, 3.8) is 0 Å². The molecule has 1 rings (SSSR count). The van der Waals surface area contributed by atoms with Gasteiger partial charge >= 0.3 is 0 Å². The largest absolute Gasteiger partial charge is 0.489 e. The van der Waals surface area contributed by atoms with E-state index in [1.807, 2.05) is 25.1 Å². The zero-order valence-electron chi connectivity index (χ0n) is 10.8. The Hall–Kier alpha value is -0.700. The maximum atomic E-state index is 6.00. The lowest BCUT2D eigenvalue weighted by Gasteiger charge is -2.12. The first-order valence-corrected chi connectivity index (χ1v) is 6.86. The van der Waals surface area contributed by atoms with Gasteiger partial charge in [0.15, 0.2) is 0 Å². The third-order valence-electron chi connectivity index (χ3n) is 2.41. The lowest BCUT2D eigenvalue weighted by Crippen LogP contribution is -2.15. The molecule has 0 unspecified atom stereocenters. The number of ether oxygens (including phenoxy) is 1. The summed E-state index contributed by atoms with van der Waals surface area (Å²) in [5.41, 5.74) is 3.59. The van der Waals surface area contributed by atoms with E-state index < -0.39 is 0 Å². The zero-order chi connectivity index (χ0) is 13.4. The topological polar surface area (TPSA) is 21.3 Å². The van der Waals surface area contributed by atoms with Crippen molar-refractivity contribution in [2.75, 3.05) is 13.2 Å². The van der Waals surface area contributed by atoms with E-state index in [9.17, 15) is 0 Å². The fourth-order valence-electron chi connectivity index (χ4n) is 1.45. The Bertz CT molecular complexity index is 405. The molecule has 0 amide bonds. The molecule has 1 aromatic rings. The molecule has 100 valence electrons. The number of benzene rings is 1. The van der Waals surface area contributed by atoms with Crippen LogP contribution in [0, 0.1) is 0 Å². The van der Waals surface area contributed by atoms with E-state index in [1.165, 1.54) is 5.54 Å². The molecule has 0 aromatic heterocycles. The van der Waals surface area contributed by atoms with Gasteiger partial charge in [0.05, 0.1) is 0 Å². The van der Waals surface area contributed by atoms with Gasteiger partial charge in [0.25, 0.3) is 0 Å². The Kier molecular flexibility index (Phi) is 7.18. The second-order valence-corrected chi connectivity index (χ2v) is 4.83. The van der Waals surface area contributed by atoms with Crippen LogP contribution >= 0.6 is 23.2 Å². The molecular weight excluding hydrogens is 269 g/mol. The van der Waals surface area contributed by atoms with Crippen LogP contribution in [-0.4, -0.2) is 13.2 Å². The molecule has 0 spiro atoms. The molecule has 0 fully saturated rings. The van der Waals surface area contributed by atoms with Gasteiger partial charge in [-0.1, -0.05) is 30.1 Å². The Morgan fingerprint density at radius 3 is 2.89 bits per heavy atom. The lowest BCUT2D eigenvalue weighted by molar-refractivity contribution is 0.347. The quantitative estimate of drug-likeness (QED) is 0.753. The molecule has 0 atom stereocenters. The summed E-state index contributed by atoms with van der Waals surface area (Å²) >= 11 is 11.6. The van der Waals surface area contributed by atoms with Crippen LogP contribution < -0.4 is 10.1 Å². The van der Waals surface area contributed by atoms with E-state index in [0.29, 0.717) is 6.61 Å². The summed E-state index contributed by atoms with van der Waals surface area (Å²) < 4.78 is 5.72. The number of hydrogen-bond acceptors (Lipinski definition) is 2. The predicted octanol–water partition coefficient (Wildman–Crippen LogP) is 4.36. The molecular formula is C14H19Cl2NO. The summed E-state index contributed by atoms with van der Waals surface area (Å²) in [6.07, 6.45) is 1.10. The molecule has 0 saturated heterocycles. The van der Waals surface area contributed by atoms with Gasteiger partial charge in [-0.3, -0.25) is 0 Å². The van der Waals surface area contributed by atoms with Gasteiger partial charge in [0, 0.05) is 22.7 Å². The zero-order valence-corrected chi connectivity index (χ0v) is 12.3. The Balaban J connectivity index is 2.69. The maximum Gasteiger partial charge on any atom is 0.124 e. The minimum absolute atomic E-state index is 0.492. The average molecular weight is 288 g/mol. The molecule has 0 aliphatic carbocycles. The normalized spacial score (nSPS) is 11.7. The second kappa shape index (κ2) is 8.41. The van der Waals surface area contributed by atoms with Crippen LogP contribution in [0.3, 0.4) is 0 Å². The Labute approximate surface area is 119 Å². The van der Waals surface area contributed by atoms with Gasteiger partial charge in [-0.05, 0) is 43.7 Å². The van der Waals surface area contributed by atoms with Crippen molar-refractivity contribution in [2.45, 2.75) is 26.8 Å². The second-order valence-electron chi connectivity index (χ2n) is 4.17. The van der Waals surface area contributed by atoms with E-state index >= 15 is 0 Å². The van der Waals surface area contributed by atoms with Crippen LogP contribution in [0.5, 0.6) is 5.75 Å². The molecule has 1 N–H and O–H groups in total. The van der Waals surface area contributed by atoms with Crippen molar-refractivity contribution in [1.29, 1.82) is 0 Å². The SMILES string of the molecule is CCCNCc1cc(Cl)ccc1OC/C(C)=C/Cl. The maximum absolute atomic E-state index is 6.00. The predicted molar refractivity (Wildman–Crippen MR) is 78.6 cm³/mol. The number of rotatable bonds is 7. The van der Waals surface area contributed by atoms with Crippen molar-refractivity contribution in [3.8, 4) is 5.75 Å². The number of hydrogen-bond donors (Lipinski definition) is 1. The summed E-state index contributed by atoms with van der Waals surface area (Å²) in [4.78, 5) is 0. The standard InChI is InChI=1S/C14H19Cl2NO/c1-3-6-17-9-12-7-13(16)4-5-14(12)18-10-11(2)8-15/h4-5,7-8,17H,3,6,9-10H2,1-2H3/b11-8+. The summed E-state index contributed by atoms with van der Waals surface area (Å²) in [6.45, 7) is 6.29. The first kappa shape index (κ1) is 15.4. The van der Waals surface area contributed by atoms with Crippen molar-refractivity contribution < 1.29 is 4.74 Å². The van der Waals surface area contributed by atoms with Gasteiger partial charge < -0.3 is 10.1 Å². The van der Waals surface area contributed by atoms with Gasteiger partial charge in [-0.15, -0.1) is 0 Å².